The lowest BCUT2D eigenvalue weighted by Crippen LogP contribution is -2.43. The van der Waals surface area contributed by atoms with Gasteiger partial charge in [-0.15, -0.1) is 0 Å². The second-order valence-electron chi connectivity index (χ2n) is 6.98. The lowest BCUT2D eigenvalue weighted by atomic mass is 9.98. The van der Waals surface area contributed by atoms with Crippen molar-refractivity contribution in [3.8, 4) is 11.1 Å². The Bertz CT molecular complexity index is 841. The van der Waals surface area contributed by atoms with Gasteiger partial charge in [-0.3, -0.25) is 4.79 Å². The molecule has 1 saturated heterocycles. The number of benzene rings is 1. The number of carbonyl (C=O) groups excluding carboxylic acids is 1. The van der Waals surface area contributed by atoms with Crippen LogP contribution in [-0.4, -0.2) is 28.2 Å². The van der Waals surface area contributed by atoms with Crippen molar-refractivity contribution in [1.82, 2.24) is 9.47 Å². The molecule has 1 amide bonds. The summed E-state index contributed by atoms with van der Waals surface area (Å²) in [6.07, 6.45) is 4.32. The molecule has 2 heterocycles. The zero-order valence-corrected chi connectivity index (χ0v) is 16.4. The van der Waals surface area contributed by atoms with E-state index in [4.69, 9.17) is 4.74 Å². The average molecular weight is 368 g/mol. The van der Waals surface area contributed by atoms with Crippen LogP contribution < -0.4 is 5.56 Å². The molecule has 2 unspecified atom stereocenters. The highest BCUT2D eigenvalue weighted by Gasteiger charge is 2.31. The number of carbonyl (C=O) groups is 1. The van der Waals surface area contributed by atoms with Crippen LogP contribution in [-0.2, 0) is 11.3 Å². The monoisotopic (exact) mass is 368 g/mol. The lowest BCUT2D eigenvalue weighted by Gasteiger charge is -2.36. The molecule has 2 atom stereocenters. The van der Waals surface area contributed by atoms with Gasteiger partial charge in [0.1, 0.15) is 6.10 Å². The topological polar surface area (TPSA) is 51.5 Å². The third kappa shape index (κ3) is 4.07. The van der Waals surface area contributed by atoms with E-state index < -0.39 is 0 Å². The van der Waals surface area contributed by atoms with E-state index in [1.165, 1.54) is 0 Å². The Morgan fingerprint density at radius 1 is 1.04 bits per heavy atom. The van der Waals surface area contributed by atoms with Crippen molar-refractivity contribution in [3.05, 3.63) is 58.5 Å². The standard InChI is InChI=1S/C22H28N2O3/c1-4-19-13-14-24(22(26)27-19)20(5-2)17-9-7-16(8-10-17)18-11-12-21(25)23(6-3)15-18/h7-12,15,19-20H,4-6,13-14H2,1-3H3. The SMILES string of the molecule is CCC1CCN(C(CC)c2ccc(-c3ccc(=O)n(CC)c3)cc2)C(=O)O1. The first-order valence-corrected chi connectivity index (χ1v) is 9.85. The highest BCUT2D eigenvalue weighted by Crippen LogP contribution is 2.30. The van der Waals surface area contributed by atoms with Crippen molar-refractivity contribution in [2.45, 2.75) is 58.7 Å². The van der Waals surface area contributed by atoms with Crippen LogP contribution in [0.5, 0.6) is 0 Å². The molecule has 1 aromatic heterocycles. The fraction of sp³-hybridized carbons (Fsp3) is 0.455. The molecule has 0 spiro atoms. The third-order valence-electron chi connectivity index (χ3n) is 5.37. The maximum Gasteiger partial charge on any atom is 0.410 e. The van der Waals surface area contributed by atoms with Gasteiger partial charge >= 0.3 is 6.09 Å². The summed E-state index contributed by atoms with van der Waals surface area (Å²) in [5.41, 5.74) is 3.19. The maximum absolute atomic E-state index is 12.4. The van der Waals surface area contributed by atoms with Crippen molar-refractivity contribution in [3.63, 3.8) is 0 Å². The summed E-state index contributed by atoms with van der Waals surface area (Å²) >= 11 is 0. The normalized spacial score (nSPS) is 18.3. The molecule has 1 aliphatic heterocycles. The fourth-order valence-corrected chi connectivity index (χ4v) is 3.70. The summed E-state index contributed by atoms with van der Waals surface area (Å²) in [5.74, 6) is 0. The molecule has 5 nitrogen and oxygen atoms in total. The van der Waals surface area contributed by atoms with Gasteiger partial charge in [0.2, 0.25) is 0 Å². The minimum Gasteiger partial charge on any atom is -0.446 e. The zero-order valence-electron chi connectivity index (χ0n) is 16.4. The summed E-state index contributed by atoms with van der Waals surface area (Å²) in [5, 5.41) is 0. The van der Waals surface area contributed by atoms with Crippen LogP contribution in [0.2, 0.25) is 0 Å². The number of ether oxygens (including phenoxy) is 1. The van der Waals surface area contributed by atoms with E-state index in [1.54, 1.807) is 10.6 Å². The Hall–Kier alpha value is -2.56. The maximum atomic E-state index is 12.4. The molecule has 0 radical (unpaired) electrons. The third-order valence-corrected chi connectivity index (χ3v) is 5.37. The lowest BCUT2D eigenvalue weighted by molar-refractivity contribution is 0.00885. The molecule has 27 heavy (non-hydrogen) atoms. The number of hydrogen-bond donors (Lipinski definition) is 0. The first kappa shape index (κ1) is 19.2. The Labute approximate surface area is 160 Å². The van der Waals surface area contributed by atoms with E-state index in [0.29, 0.717) is 6.54 Å². The average Bonchev–Trinajstić information content (AvgIpc) is 2.70. The predicted molar refractivity (Wildman–Crippen MR) is 107 cm³/mol. The molecule has 1 fully saturated rings. The van der Waals surface area contributed by atoms with Crippen molar-refractivity contribution in [1.29, 1.82) is 0 Å². The summed E-state index contributed by atoms with van der Waals surface area (Å²) in [6, 6.07) is 11.7. The van der Waals surface area contributed by atoms with Gasteiger partial charge in [-0.25, -0.2) is 4.79 Å². The largest absolute Gasteiger partial charge is 0.446 e. The van der Waals surface area contributed by atoms with Crippen LogP contribution in [0.15, 0.2) is 47.4 Å². The van der Waals surface area contributed by atoms with E-state index in [0.717, 1.165) is 42.5 Å². The molecule has 0 saturated carbocycles. The van der Waals surface area contributed by atoms with E-state index in [2.05, 4.69) is 31.2 Å². The summed E-state index contributed by atoms with van der Waals surface area (Å²) < 4.78 is 7.24. The number of aromatic nitrogens is 1. The highest BCUT2D eigenvalue weighted by molar-refractivity contribution is 5.69. The number of pyridine rings is 1. The van der Waals surface area contributed by atoms with Gasteiger partial charge in [0, 0.05) is 31.8 Å². The minimum absolute atomic E-state index is 0.0120. The Balaban J connectivity index is 1.81. The molecular formula is C22H28N2O3. The number of hydrogen-bond acceptors (Lipinski definition) is 3. The van der Waals surface area contributed by atoms with Gasteiger partial charge < -0.3 is 14.2 Å². The van der Waals surface area contributed by atoms with Crippen molar-refractivity contribution >= 4 is 6.09 Å². The summed E-state index contributed by atoms with van der Waals surface area (Å²) in [7, 11) is 0. The smallest absolute Gasteiger partial charge is 0.410 e. The second kappa shape index (κ2) is 8.42. The zero-order chi connectivity index (χ0) is 19.4. The molecule has 3 rings (SSSR count). The Morgan fingerprint density at radius 2 is 1.74 bits per heavy atom. The number of nitrogens with zero attached hydrogens (tertiary/aromatic N) is 2. The predicted octanol–water partition coefficient (Wildman–Crippen LogP) is 4.61. The summed E-state index contributed by atoms with van der Waals surface area (Å²) in [6.45, 7) is 7.48. The number of rotatable bonds is 6. The van der Waals surface area contributed by atoms with Crippen LogP contribution >= 0.6 is 0 Å². The molecule has 0 N–H and O–H groups in total. The second-order valence-corrected chi connectivity index (χ2v) is 6.98. The molecule has 0 bridgehead atoms. The van der Waals surface area contributed by atoms with Crippen molar-refractivity contribution in [2.75, 3.05) is 6.54 Å². The quantitative estimate of drug-likeness (QED) is 0.748. The molecule has 1 aromatic carbocycles. The Kier molecular flexibility index (Phi) is 5.99. The van der Waals surface area contributed by atoms with Gasteiger partial charge in [0.25, 0.3) is 5.56 Å². The minimum atomic E-state index is -0.209. The van der Waals surface area contributed by atoms with Crippen molar-refractivity contribution in [2.24, 2.45) is 0 Å². The van der Waals surface area contributed by atoms with Gasteiger partial charge in [-0.2, -0.15) is 0 Å². The van der Waals surface area contributed by atoms with Gasteiger partial charge in [0.15, 0.2) is 0 Å². The van der Waals surface area contributed by atoms with Crippen LogP contribution in [0.25, 0.3) is 11.1 Å². The first-order valence-electron chi connectivity index (χ1n) is 9.85. The van der Waals surface area contributed by atoms with E-state index in [1.807, 2.05) is 31.0 Å². The molecule has 5 heteroatoms. The molecular weight excluding hydrogens is 340 g/mol. The first-order chi connectivity index (χ1) is 13.1. The number of aryl methyl sites for hydroxylation is 1. The molecule has 0 aliphatic carbocycles. The number of amides is 1. The van der Waals surface area contributed by atoms with Gasteiger partial charge in [-0.05, 0) is 42.5 Å². The number of cyclic esters (lactones) is 1. The van der Waals surface area contributed by atoms with Crippen LogP contribution in [0.1, 0.15) is 51.6 Å². The van der Waals surface area contributed by atoms with Crippen LogP contribution in [0, 0.1) is 0 Å². The highest BCUT2D eigenvalue weighted by atomic mass is 16.6. The van der Waals surface area contributed by atoms with Gasteiger partial charge in [-0.1, -0.05) is 38.1 Å². The summed E-state index contributed by atoms with van der Waals surface area (Å²) in [4.78, 5) is 26.0. The van der Waals surface area contributed by atoms with Crippen LogP contribution in [0.4, 0.5) is 4.79 Å². The molecule has 1 aliphatic rings. The Morgan fingerprint density at radius 3 is 2.33 bits per heavy atom. The van der Waals surface area contributed by atoms with E-state index >= 15 is 0 Å². The van der Waals surface area contributed by atoms with Gasteiger partial charge in [0.05, 0.1) is 6.04 Å². The van der Waals surface area contributed by atoms with E-state index in [9.17, 15) is 9.59 Å². The van der Waals surface area contributed by atoms with E-state index in [-0.39, 0.29) is 23.8 Å². The van der Waals surface area contributed by atoms with Crippen LogP contribution in [0.3, 0.4) is 0 Å². The molecule has 2 aromatic rings. The van der Waals surface area contributed by atoms with Crippen molar-refractivity contribution < 1.29 is 9.53 Å². The fourth-order valence-electron chi connectivity index (χ4n) is 3.70. The molecule has 144 valence electrons.